The van der Waals surface area contributed by atoms with Crippen LogP contribution in [0.25, 0.3) is 21.1 Å². The first-order valence-corrected chi connectivity index (χ1v) is 8.41. The van der Waals surface area contributed by atoms with Crippen LogP contribution in [-0.4, -0.2) is 8.75 Å². The van der Waals surface area contributed by atoms with Crippen molar-refractivity contribution < 1.29 is 0 Å². The molecule has 3 nitrogen and oxygen atoms in total. The number of nitrogens with one attached hydrogen (secondary N) is 1. The third kappa shape index (κ3) is 2.27. The van der Waals surface area contributed by atoms with E-state index in [0.717, 1.165) is 23.3 Å². The molecule has 2 aromatic carbocycles. The smallest absolute Gasteiger partial charge is 0.129 e. The lowest BCUT2D eigenvalue weighted by atomic mass is 10.1. The molecule has 0 bridgehead atoms. The van der Waals surface area contributed by atoms with Gasteiger partial charge in [0, 0.05) is 11.2 Å². The summed E-state index contributed by atoms with van der Waals surface area (Å²) in [6, 6.07) is 12.2. The maximum absolute atomic E-state index is 6.30. The predicted molar refractivity (Wildman–Crippen MR) is 91.6 cm³/mol. The lowest BCUT2D eigenvalue weighted by molar-refractivity contribution is 1.18. The first-order chi connectivity index (χ1) is 10.3. The van der Waals surface area contributed by atoms with Crippen LogP contribution in [0, 0.1) is 0 Å². The van der Waals surface area contributed by atoms with E-state index in [1.165, 1.54) is 27.4 Å². The summed E-state index contributed by atoms with van der Waals surface area (Å²) < 4.78 is 9.88. The molecule has 0 atom stereocenters. The van der Waals surface area contributed by atoms with Crippen LogP contribution in [0.5, 0.6) is 0 Å². The number of benzene rings is 2. The Bertz CT molecular complexity index is 929. The zero-order chi connectivity index (χ0) is 14.2. The fourth-order valence-corrected chi connectivity index (χ4v) is 4.07. The summed E-state index contributed by atoms with van der Waals surface area (Å²) in [6.45, 7) is 0.723. The van der Waals surface area contributed by atoms with E-state index in [1.54, 1.807) is 11.3 Å². The molecule has 0 aliphatic carbocycles. The SMILES string of the molecule is Clc1ccc2nsnc2c1NCc1csc2ccccc12. The molecule has 0 aliphatic heterocycles. The third-order valence-corrected chi connectivity index (χ3v) is 5.26. The van der Waals surface area contributed by atoms with E-state index < -0.39 is 0 Å². The van der Waals surface area contributed by atoms with Gasteiger partial charge in [-0.3, -0.25) is 0 Å². The molecule has 6 heteroatoms. The summed E-state index contributed by atoms with van der Waals surface area (Å²) in [5, 5.41) is 7.56. The molecule has 0 unspecified atom stereocenters. The maximum Gasteiger partial charge on any atom is 0.129 e. The van der Waals surface area contributed by atoms with Gasteiger partial charge in [-0.25, -0.2) is 0 Å². The lowest BCUT2D eigenvalue weighted by Crippen LogP contribution is -2.00. The van der Waals surface area contributed by atoms with Gasteiger partial charge in [0.05, 0.1) is 22.4 Å². The molecule has 0 fully saturated rings. The molecule has 2 aromatic heterocycles. The van der Waals surface area contributed by atoms with Gasteiger partial charge in [0.2, 0.25) is 0 Å². The Kier molecular flexibility index (Phi) is 3.25. The van der Waals surface area contributed by atoms with Crippen molar-refractivity contribution in [1.82, 2.24) is 8.75 Å². The monoisotopic (exact) mass is 331 g/mol. The molecule has 1 N–H and O–H groups in total. The molecule has 4 rings (SSSR count). The van der Waals surface area contributed by atoms with Gasteiger partial charge in [0.1, 0.15) is 11.0 Å². The Morgan fingerprint density at radius 2 is 2.00 bits per heavy atom. The molecule has 0 saturated heterocycles. The number of thiophene rings is 1. The van der Waals surface area contributed by atoms with E-state index in [2.05, 4.69) is 43.7 Å². The van der Waals surface area contributed by atoms with Crippen LogP contribution in [0.1, 0.15) is 5.56 Å². The number of fused-ring (bicyclic) bond motifs is 2. The number of hydrogen-bond acceptors (Lipinski definition) is 5. The summed E-state index contributed by atoms with van der Waals surface area (Å²) in [7, 11) is 0. The van der Waals surface area contributed by atoms with Crippen molar-refractivity contribution in [2.24, 2.45) is 0 Å². The van der Waals surface area contributed by atoms with Gasteiger partial charge in [-0.15, -0.1) is 11.3 Å². The van der Waals surface area contributed by atoms with Crippen molar-refractivity contribution >= 4 is 61.5 Å². The molecule has 0 aliphatic rings. The number of aromatic nitrogens is 2. The second kappa shape index (κ2) is 5.26. The molecule has 0 saturated carbocycles. The zero-order valence-corrected chi connectivity index (χ0v) is 13.2. The Morgan fingerprint density at radius 3 is 2.95 bits per heavy atom. The molecule has 0 radical (unpaired) electrons. The van der Waals surface area contributed by atoms with Crippen molar-refractivity contribution in [2.75, 3.05) is 5.32 Å². The molecule has 104 valence electrons. The van der Waals surface area contributed by atoms with Gasteiger partial charge in [-0.1, -0.05) is 29.8 Å². The fourth-order valence-electron chi connectivity index (χ4n) is 2.35. The quantitative estimate of drug-likeness (QED) is 0.562. The van der Waals surface area contributed by atoms with Gasteiger partial charge in [0.15, 0.2) is 0 Å². The number of halogens is 1. The first-order valence-electron chi connectivity index (χ1n) is 6.42. The summed E-state index contributed by atoms with van der Waals surface area (Å²) in [5.74, 6) is 0. The second-order valence-corrected chi connectivity index (χ2v) is 6.51. The number of hydrogen-bond donors (Lipinski definition) is 1. The Labute approximate surface area is 134 Å². The van der Waals surface area contributed by atoms with Crippen LogP contribution in [0.4, 0.5) is 5.69 Å². The first kappa shape index (κ1) is 13.0. The summed E-state index contributed by atoms with van der Waals surface area (Å²) >= 11 is 9.26. The minimum Gasteiger partial charge on any atom is -0.378 e. The standard InChI is InChI=1S/C15H10ClN3S2/c16-11-5-6-12-15(19-21-18-12)14(11)17-7-9-8-20-13-4-2-1-3-10(9)13/h1-6,8,17H,7H2. The number of nitrogens with zero attached hydrogens (tertiary/aromatic N) is 2. The van der Waals surface area contributed by atoms with Crippen LogP contribution in [0.15, 0.2) is 41.8 Å². The second-order valence-electron chi connectivity index (χ2n) is 4.66. The maximum atomic E-state index is 6.30. The largest absolute Gasteiger partial charge is 0.378 e. The molecule has 0 amide bonds. The average Bonchev–Trinajstić information content (AvgIpc) is 3.13. The molecule has 2 heterocycles. The minimum absolute atomic E-state index is 0.676. The van der Waals surface area contributed by atoms with Crippen LogP contribution in [-0.2, 0) is 6.54 Å². The van der Waals surface area contributed by atoms with E-state index in [0.29, 0.717) is 5.02 Å². The van der Waals surface area contributed by atoms with Gasteiger partial charge in [0.25, 0.3) is 0 Å². The van der Waals surface area contributed by atoms with Gasteiger partial charge in [-0.05, 0) is 34.5 Å². The molecular formula is C15H10ClN3S2. The Balaban J connectivity index is 1.69. The zero-order valence-electron chi connectivity index (χ0n) is 10.8. The van der Waals surface area contributed by atoms with Crippen LogP contribution < -0.4 is 5.32 Å². The summed E-state index contributed by atoms with van der Waals surface area (Å²) in [4.78, 5) is 0. The molecule has 0 spiro atoms. The van der Waals surface area contributed by atoms with Crippen molar-refractivity contribution in [3.8, 4) is 0 Å². The fraction of sp³-hybridized carbons (Fsp3) is 0.0667. The van der Waals surface area contributed by atoms with Crippen molar-refractivity contribution in [3.63, 3.8) is 0 Å². The number of rotatable bonds is 3. The van der Waals surface area contributed by atoms with E-state index >= 15 is 0 Å². The summed E-state index contributed by atoms with van der Waals surface area (Å²) in [5.41, 5.74) is 3.85. The highest BCUT2D eigenvalue weighted by molar-refractivity contribution is 7.17. The van der Waals surface area contributed by atoms with Crippen LogP contribution >= 0.6 is 34.7 Å². The topological polar surface area (TPSA) is 37.8 Å². The normalized spacial score (nSPS) is 11.3. The third-order valence-electron chi connectivity index (χ3n) is 3.39. The summed E-state index contributed by atoms with van der Waals surface area (Å²) in [6.07, 6.45) is 0. The highest BCUT2D eigenvalue weighted by Crippen LogP contribution is 2.32. The predicted octanol–water partition coefficient (Wildman–Crippen LogP) is 5.17. The Morgan fingerprint density at radius 1 is 1.10 bits per heavy atom. The van der Waals surface area contributed by atoms with Gasteiger partial charge < -0.3 is 5.32 Å². The molecule has 21 heavy (non-hydrogen) atoms. The Hall–Kier alpha value is -1.69. The lowest BCUT2D eigenvalue weighted by Gasteiger charge is -2.08. The highest BCUT2D eigenvalue weighted by atomic mass is 35.5. The van der Waals surface area contributed by atoms with Crippen LogP contribution in [0.2, 0.25) is 5.02 Å². The van der Waals surface area contributed by atoms with E-state index in [-0.39, 0.29) is 0 Å². The van der Waals surface area contributed by atoms with Gasteiger partial charge in [-0.2, -0.15) is 8.75 Å². The van der Waals surface area contributed by atoms with E-state index in [4.69, 9.17) is 11.6 Å². The molecular weight excluding hydrogens is 322 g/mol. The number of anilines is 1. The van der Waals surface area contributed by atoms with Crippen LogP contribution in [0.3, 0.4) is 0 Å². The van der Waals surface area contributed by atoms with Gasteiger partial charge >= 0.3 is 0 Å². The molecule has 4 aromatic rings. The minimum atomic E-state index is 0.676. The van der Waals surface area contributed by atoms with Crippen molar-refractivity contribution in [2.45, 2.75) is 6.54 Å². The van der Waals surface area contributed by atoms with Crippen molar-refractivity contribution in [3.05, 3.63) is 52.4 Å². The average molecular weight is 332 g/mol. The van der Waals surface area contributed by atoms with E-state index in [1.807, 2.05) is 12.1 Å². The highest BCUT2D eigenvalue weighted by Gasteiger charge is 2.10. The van der Waals surface area contributed by atoms with Crippen molar-refractivity contribution in [1.29, 1.82) is 0 Å². The van der Waals surface area contributed by atoms with E-state index in [9.17, 15) is 0 Å².